The van der Waals surface area contributed by atoms with Crippen molar-refractivity contribution >= 4 is 0 Å². The molecule has 19 heavy (non-hydrogen) atoms. The number of rotatable bonds is 11. The van der Waals surface area contributed by atoms with Crippen molar-refractivity contribution in [1.82, 2.24) is 5.32 Å². The van der Waals surface area contributed by atoms with Gasteiger partial charge < -0.3 is 14.8 Å². The second-order valence-electron chi connectivity index (χ2n) is 5.90. The molecule has 1 aliphatic heterocycles. The largest absolute Gasteiger partial charge is 0.377 e. The fraction of sp³-hybridized carbons (Fsp3) is 1.00. The molecule has 0 aromatic carbocycles. The summed E-state index contributed by atoms with van der Waals surface area (Å²) in [7, 11) is 0. The van der Waals surface area contributed by atoms with Crippen LogP contribution >= 0.6 is 0 Å². The third-order valence-corrected chi connectivity index (χ3v) is 3.76. The highest BCUT2D eigenvalue weighted by molar-refractivity contribution is 4.68. The molecule has 114 valence electrons. The molecule has 1 rings (SSSR count). The Kier molecular flexibility index (Phi) is 9.48. The zero-order valence-corrected chi connectivity index (χ0v) is 13.1. The average Bonchev–Trinajstić information content (AvgIpc) is 2.88. The zero-order valence-electron chi connectivity index (χ0n) is 13.1. The zero-order chi connectivity index (χ0) is 13.9. The van der Waals surface area contributed by atoms with Gasteiger partial charge in [0.15, 0.2) is 0 Å². The Morgan fingerprint density at radius 3 is 2.74 bits per heavy atom. The van der Waals surface area contributed by atoms with Crippen LogP contribution < -0.4 is 5.32 Å². The third-order valence-electron chi connectivity index (χ3n) is 3.76. The van der Waals surface area contributed by atoms with Crippen LogP contribution in [0.2, 0.25) is 0 Å². The van der Waals surface area contributed by atoms with Crippen molar-refractivity contribution in [3.8, 4) is 0 Å². The molecule has 0 radical (unpaired) electrons. The normalized spacial score (nSPS) is 22.6. The van der Waals surface area contributed by atoms with Crippen LogP contribution in [0.25, 0.3) is 0 Å². The van der Waals surface area contributed by atoms with Crippen molar-refractivity contribution in [2.24, 2.45) is 0 Å². The average molecular weight is 271 g/mol. The lowest BCUT2D eigenvalue weighted by Gasteiger charge is -2.20. The second kappa shape index (κ2) is 10.6. The van der Waals surface area contributed by atoms with Gasteiger partial charge in [0.2, 0.25) is 0 Å². The number of ether oxygens (including phenoxy) is 2. The van der Waals surface area contributed by atoms with Crippen LogP contribution in [-0.2, 0) is 9.47 Å². The monoisotopic (exact) mass is 271 g/mol. The lowest BCUT2D eigenvalue weighted by Crippen LogP contribution is -2.34. The summed E-state index contributed by atoms with van der Waals surface area (Å²) in [4.78, 5) is 0. The van der Waals surface area contributed by atoms with Crippen molar-refractivity contribution in [2.75, 3.05) is 19.7 Å². The van der Waals surface area contributed by atoms with Crippen LogP contribution in [0.3, 0.4) is 0 Å². The van der Waals surface area contributed by atoms with E-state index in [0.29, 0.717) is 18.3 Å². The van der Waals surface area contributed by atoms with Crippen LogP contribution in [0.5, 0.6) is 0 Å². The molecule has 1 heterocycles. The topological polar surface area (TPSA) is 30.5 Å². The molecule has 0 aromatic rings. The third kappa shape index (κ3) is 8.61. The smallest absolute Gasteiger partial charge is 0.0700 e. The van der Waals surface area contributed by atoms with E-state index in [0.717, 1.165) is 19.7 Å². The van der Waals surface area contributed by atoms with Gasteiger partial charge in [0.25, 0.3) is 0 Å². The summed E-state index contributed by atoms with van der Waals surface area (Å²) >= 11 is 0. The molecule has 0 spiro atoms. The van der Waals surface area contributed by atoms with E-state index in [1.807, 2.05) is 0 Å². The maximum absolute atomic E-state index is 5.99. The molecule has 0 aliphatic carbocycles. The predicted molar refractivity (Wildman–Crippen MR) is 80.6 cm³/mol. The van der Waals surface area contributed by atoms with Gasteiger partial charge in [0.1, 0.15) is 0 Å². The summed E-state index contributed by atoms with van der Waals surface area (Å²) in [6.07, 6.45) is 10.0. The van der Waals surface area contributed by atoms with E-state index in [4.69, 9.17) is 9.47 Å². The van der Waals surface area contributed by atoms with Crippen LogP contribution in [0.4, 0.5) is 0 Å². The minimum absolute atomic E-state index is 0.294. The summed E-state index contributed by atoms with van der Waals surface area (Å²) in [5.74, 6) is 0. The molecule has 1 N–H and O–H groups in total. The SMILES string of the molecule is CCCCCCC(C)OC(C)CNCC1CCCO1. The van der Waals surface area contributed by atoms with Crippen molar-refractivity contribution in [1.29, 1.82) is 0 Å². The van der Waals surface area contributed by atoms with E-state index in [-0.39, 0.29) is 0 Å². The Hall–Kier alpha value is -0.120. The molecule has 1 aliphatic rings. The molecule has 3 unspecified atom stereocenters. The van der Waals surface area contributed by atoms with Gasteiger partial charge in [-0.15, -0.1) is 0 Å². The van der Waals surface area contributed by atoms with Gasteiger partial charge >= 0.3 is 0 Å². The first-order valence-electron chi connectivity index (χ1n) is 8.20. The Morgan fingerprint density at radius 2 is 2.05 bits per heavy atom. The van der Waals surface area contributed by atoms with Crippen molar-refractivity contribution < 1.29 is 9.47 Å². The van der Waals surface area contributed by atoms with Gasteiger partial charge in [-0.3, -0.25) is 0 Å². The molecular formula is C16H33NO2. The minimum atomic E-state index is 0.294. The molecule has 3 nitrogen and oxygen atoms in total. The Labute approximate surface area is 119 Å². The standard InChI is InChI=1S/C16H33NO2/c1-4-5-6-7-9-14(2)19-15(3)12-17-13-16-10-8-11-18-16/h14-17H,4-13H2,1-3H3. The molecule has 3 atom stereocenters. The molecule has 0 bridgehead atoms. The summed E-state index contributed by atoms with van der Waals surface area (Å²) in [5.41, 5.74) is 0. The minimum Gasteiger partial charge on any atom is -0.377 e. The van der Waals surface area contributed by atoms with E-state index < -0.39 is 0 Å². The summed E-state index contributed by atoms with van der Waals surface area (Å²) in [6, 6.07) is 0. The van der Waals surface area contributed by atoms with Crippen LogP contribution in [0.1, 0.15) is 65.7 Å². The van der Waals surface area contributed by atoms with E-state index in [2.05, 4.69) is 26.1 Å². The molecule has 0 aromatic heterocycles. The van der Waals surface area contributed by atoms with Crippen LogP contribution in [0, 0.1) is 0 Å². The molecule has 0 amide bonds. The summed E-state index contributed by atoms with van der Waals surface area (Å²) < 4.78 is 11.6. The van der Waals surface area contributed by atoms with Gasteiger partial charge in [-0.25, -0.2) is 0 Å². The maximum Gasteiger partial charge on any atom is 0.0700 e. The molecule has 1 saturated heterocycles. The van der Waals surface area contributed by atoms with Gasteiger partial charge in [0.05, 0.1) is 18.3 Å². The first-order chi connectivity index (χ1) is 9.22. The Balaban J connectivity index is 1.94. The number of nitrogens with one attached hydrogen (secondary N) is 1. The Bertz CT molecular complexity index is 205. The number of unbranched alkanes of at least 4 members (excludes halogenated alkanes) is 3. The van der Waals surface area contributed by atoms with Gasteiger partial charge in [-0.2, -0.15) is 0 Å². The molecule has 3 heteroatoms. The first-order valence-corrected chi connectivity index (χ1v) is 8.20. The van der Waals surface area contributed by atoms with Crippen LogP contribution in [-0.4, -0.2) is 38.0 Å². The quantitative estimate of drug-likeness (QED) is 0.583. The Morgan fingerprint density at radius 1 is 1.21 bits per heavy atom. The van der Waals surface area contributed by atoms with E-state index in [1.54, 1.807) is 0 Å². The van der Waals surface area contributed by atoms with Gasteiger partial charge in [-0.1, -0.05) is 32.6 Å². The fourth-order valence-electron chi connectivity index (χ4n) is 2.62. The lowest BCUT2D eigenvalue weighted by atomic mass is 10.1. The van der Waals surface area contributed by atoms with Crippen LogP contribution in [0.15, 0.2) is 0 Å². The highest BCUT2D eigenvalue weighted by Gasteiger charge is 2.15. The van der Waals surface area contributed by atoms with E-state index >= 15 is 0 Å². The van der Waals surface area contributed by atoms with E-state index in [1.165, 1.54) is 44.9 Å². The van der Waals surface area contributed by atoms with Gasteiger partial charge in [-0.05, 0) is 33.1 Å². The molecular weight excluding hydrogens is 238 g/mol. The fourth-order valence-corrected chi connectivity index (χ4v) is 2.62. The summed E-state index contributed by atoms with van der Waals surface area (Å²) in [5, 5.41) is 3.46. The number of hydrogen-bond acceptors (Lipinski definition) is 3. The van der Waals surface area contributed by atoms with Crippen molar-refractivity contribution in [3.63, 3.8) is 0 Å². The number of hydrogen-bond donors (Lipinski definition) is 1. The summed E-state index contributed by atoms with van der Waals surface area (Å²) in [6.45, 7) is 9.44. The molecule has 1 fully saturated rings. The maximum atomic E-state index is 5.99. The predicted octanol–water partition coefficient (Wildman–Crippen LogP) is 3.52. The highest BCUT2D eigenvalue weighted by atomic mass is 16.5. The van der Waals surface area contributed by atoms with Crippen molar-refractivity contribution in [2.45, 2.75) is 84.0 Å². The molecule has 0 saturated carbocycles. The van der Waals surface area contributed by atoms with Crippen molar-refractivity contribution in [3.05, 3.63) is 0 Å². The van der Waals surface area contributed by atoms with Gasteiger partial charge in [0, 0.05) is 19.7 Å². The highest BCUT2D eigenvalue weighted by Crippen LogP contribution is 2.11. The first kappa shape index (κ1) is 16.9. The lowest BCUT2D eigenvalue weighted by molar-refractivity contribution is 0.00197. The van der Waals surface area contributed by atoms with E-state index in [9.17, 15) is 0 Å². The second-order valence-corrected chi connectivity index (χ2v) is 5.90.